The standard InChI is InChI=1S/C10H19N3O2.C6H8N2O2.C4H11N/c1-2-3-7-12-10(15)13-8-5-4-6-11-9-14;9-5-7-3-1-2-4-8-6-10;1-2-3-4-5/h2-8H2,1H3,(H2,12,13,15);1-4H2;2-5H2,1H3. The summed E-state index contributed by atoms with van der Waals surface area (Å²) in [4.78, 5) is 49.9. The maximum absolute atomic E-state index is 11.1. The summed E-state index contributed by atoms with van der Waals surface area (Å²) < 4.78 is 0. The topological polar surface area (TPSA) is 155 Å². The summed E-state index contributed by atoms with van der Waals surface area (Å²) in [5.41, 5.74) is 5.14. The number of urea groups is 1. The Balaban J connectivity index is -0.000000417. The van der Waals surface area contributed by atoms with E-state index in [2.05, 4.69) is 39.5 Å². The zero-order valence-corrected chi connectivity index (χ0v) is 18.5. The van der Waals surface area contributed by atoms with E-state index in [0.29, 0.717) is 26.2 Å². The molecular weight excluding hydrogens is 388 g/mol. The fourth-order valence-corrected chi connectivity index (χ4v) is 1.68. The highest BCUT2D eigenvalue weighted by molar-refractivity contribution is 5.73. The lowest BCUT2D eigenvalue weighted by Crippen LogP contribution is -2.36. The minimum absolute atomic E-state index is 0.123. The first kappa shape index (κ1) is 32.0. The predicted octanol–water partition coefficient (Wildman–Crippen LogP) is 2.39. The zero-order valence-electron chi connectivity index (χ0n) is 18.5. The van der Waals surface area contributed by atoms with Gasteiger partial charge in [0.25, 0.3) is 0 Å². The van der Waals surface area contributed by atoms with Crippen molar-refractivity contribution in [2.75, 3.05) is 39.3 Å². The van der Waals surface area contributed by atoms with Crippen molar-refractivity contribution in [3.05, 3.63) is 0 Å². The molecular formula is C20H38N6O4. The van der Waals surface area contributed by atoms with Gasteiger partial charge in [0.1, 0.15) is 0 Å². The van der Waals surface area contributed by atoms with E-state index in [-0.39, 0.29) is 6.03 Å². The number of isocyanates is 3. The number of nitrogens with one attached hydrogen (secondary N) is 2. The van der Waals surface area contributed by atoms with Crippen LogP contribution >= 0.6 is 0 Å². The number of nitrogens with two attached hydrogens (primary N) is 1. The van der Waals surface area contributed by atoms with Crippen LogP contribution in [0.25, 0.3) is 0 Å². The molecule has 0 aromatic heterocycles. The van der Waals surface area contributed by atoms with Gasteiger partial charge in [-0.25, -0.2) is 34.2 Å². The van der Waals surface area contributed by atoms with Crippen molar-refractivity contribution in [1.29, 1.82) is 0 Å². The molecule has 0 spiro atoms. The van der Waals surface area contributed by atoms with Gasteiger partial charge in [-0.1, -0.05) is 26.7 Å². The molecule has 2 amide bonds. The Labute approximate surface area is 179 Å². The van der Waals surface area contributed by atoms with E-state index in [1.54, 1.807) is 0 Å². The largest absolute Gasteiger partial charge is 0.338 e. The molecule has 0 unspecified atom stereocenters. The molecule has 0 saturated carbocycles. The van der Waals surface area contributed by atoms with Crippen LogP contribution in [-0.4, -0.2) is 63.5 Å². The smallest absolute Gasteiger partial charge is 0.314 e. The number of amides is 2. The fraction of sp³-hybridized carbons (Fsp3) is 0.800. The Hall–Kier alpha value is -2.63. The zero-order chi connectivity index (χ0) is 23.1. The van der Waals surface area contributed by atoms with Crippen LogP contribution in [0, 0.1) is 0 Å². The molecule has 0 bridgehead atoms. The van der Waals surface area contributed by atoms with Gasteiger partial charge in [0.05, 0.1) is 19.6 Å². The summed E-state index contributed by atoms with van der Waals surface area (Å²) in [6.07, 6.45) is 11.9. The minimum Gasteiger partial charge on any atom is -0.338 e. The van der Waals surface area contributed by atoms with Crippen LogP contribution < -0.4 is 16.4 Å². The van der Waals surface area contributed by atoms with E-state index in [1.165, 1.54) is 31.1 Å². The van der Waals surface area contributed by atoms with E-state index >= 15 is 0 Å². The molecule has 0 aliphatic heterocycles. The van der Waals surface area contributed by atoms with Crippen LogP contribution in [0.1, 0.15) is 65.2 Å². The van der Waals surface area contributed by atoms with E-state index < -0.39 is 0 Å². The molecule has 30 heavy (non-hydrogen) atoms. The molecule has 4 N–H and O–H groups in total. The van der Waals surface area contributed by atoms with E-state index in [4.69, 9.17) is 5.73 Å². The molecule has 0 atom stereocenters. The average Bonchev–Trinajstić information content (AvgIpc) is 2.75. The Morgan fingerprint density at radius 1 is 0.700 bits per heavy atom. The minimum atomic E-state index is -0.123. The predicted molar refractivity (Wildman–Crippen MR) is 118 cm³/mol. The van der Waals surface area contributed by atoms with Crippen molar-refractivity contribution in [1.82, 2.24) is 10.6 Å². The highest BCUT2D eigenvalue weighted by Crippen LogP contribution is 1.88. The molecule has 0 fully saturated rings. The van der Waals surface area contributed by atoms with E-state index in [1.807, 2.05) is 0 Å². The number of nitrogens with zero attached hydrogens (tertiary/aromatic N) is 3. The maximum atomic E-state index is 11.1. The van der Waals surface area contributed by atoms with Crippen molar-refractivity contribution in [2.24, 2.45) is 20.7 Å². The maximum Gasteiger partial charge on any atom is 0.314 e. The molecule has 0 aliphatic carbocycles. The molecule has 10 heteroatoms. The number of unbranched alkanes of at least 4 members (excludes halogenated alkanes) is 4. The lowest BCUT2D eigenvalue weighted by Gasteiger charge is -2.05. The summed E-state index contributed by atoms with van der Waals surface area (Å²) >= 11 is 0. The Morgan fingerprint density at radius 2 is 1.10 bits per heavy atom. The Bertz CT molecular complexity index is 489. The summed E-state index contributed by atoms with van der Waals surface area (Å²) in [5.74, 6) is 0. The van der Waals surface area contributed by atoms with Gasteiger partial charge in [0.2, 0.25) is 18.2 Å². The number of rotatable bonds is 15. The van der Waals surface area contributed by atoms with Crippen molar-refractivity contribution in [3.8, 4) is 0 Å². The van der Waals surface area contributed by atoms with Crippen LogP contribution in [0.15, 0.2) is 15.0 Å². The Kier molecular flexibility index (Phi) is 36.2. The summed E-state index contributed by atoms with van der Waals surface area (Å²) in [7, 11) is 0. The molecule has 10 nitrogen and oxygen atoms in total. The number of hydrogen-bond acceptors (Lipinski definition) is 8. The van der Waals surface area contributed by atoms with Crippen LogP contribution in [0.5, 0.6) is 0 Å². The molecule has 172 valence electrons. The van der Waals surface area contributed by atoms with E-state index in [9.17, 15) is 19.2 Å². The van der Waals surface area contributed by atoms with Gasteiger partial charge in [-0.2, -0.15) is 0 Å². The van der Waals surface area contributed by atoms with Crippen molar-refractivity contribution < 1.29 is 19.2 Å². The first-order valence-electron chi connectivity index (χ1n) is 10.5. The third kappa shape index (κ3) is 40.2. The number of carbonyl (C=O) groups is 1. The lowest BCUT2D eigenvalue weighted by atomic mass is 10.3. The number of carbonyl (C=O) groups excluding carboxylic acids is 4. The lowest BCUT2D eigenvalue weighted by molar-refractivity contribution is 0.240. The molecule has 0 aromatic carbocycles. The van der Waals surface area contributed by atoms with Gasteiger partial charge in [0, 0.05) is 13.1 Å². The summed E-state index contributed by atoms with van der Waals surface area (Å²) in [6.45, 7) is 7.82. The van der Waals surface area contributed by atoms with Crippen molar-refractivity contribution in [3.63, 3.8) is 0 Å². The second kappa shape index (κ2) is 33.9. The van der Waals surface area contributed by atoms with Gasteiger partial charge < -0.3 is 16.4 Å². The molecule has 0 aliphatic rings. The second-order valence-electron chi connectivity index (χ2n) is 6.01. The molecule has 0 radical (unpaired) electrons. The quantitative estimate of drug-likeness (QED) is 0.208. The van der Waals surface area contributed by atoms with Gasteiger partial charge in [-0.05, 0) is 45.1 Å². The van der Waals surface area contributed by atoms with Gasteiger partial charge in [-0.3, -0.25) is 0 Å². The van der Waals surface area contributed by atoms with Crippen LogP contribution in [0.2, 0.25) is 0 Å². The number of aliphatic imine (C=N–C) groups is 3. The molecule has 0 rings (SSSR count). The fourth-order valence-electron chi connectivity index (χ4n) is 1.68. The first-order chi connectivity index (χ1) is 14.6. The monoisotopic (exact) mass is 426 g/mol. The first-order valence-corrected chi connectivity index (χ1v) is 10.5. The third-order valence-electron chi connectivity index (χ3n) is 3.34. The SMILES string of the molecule is CCCCN.CCCCNC(=O)NCCCCN=C=O.O=C=NCCCCN=C=O. The van der Waals surface area contributed by atoms with Crippen LogP contribution in [-0.2, 0) is 14.4 Å². The molecule has 0 heterocycles. The van der Waals surface area contributed by atoms with Crippen molar-refractivity contribution >= 4 is 24.3 Å². The highest BCUT2D eigenvalue weighted by Gasteiger charge is 1.96. The van der Waals surface area contributed by atoms with Gasteiger partial charge >= 0.3 is 6.03 Å². The average molecular weight is 427 g/mol. The van der Waals surface area contributed by atoms with Gasteiger partial charge in [0.15, 0.2) is 0 Å². The van der Waals surface area contributed by atoms with Crippen molar-refractivity contribution in [2.45, 2.75) is 65.2 Å². The highest BCUT2D eigenvalue weighted by atomic mass is 16.2. The third-order valence-corrected chi connectivity index (χ3v) is 3.34. The van der Waals surface area contributed by atoms with Crippen LogP contribution in [0.3, 0.4) is 0 Å². The summed E-state index contributed by atoms with van der Waals surface area (Å²) in [6, 6.07) is -0.123. The Morgan fingerprint density at radius 3 is 1.43 bits per heavy atom. The second-order valence-corrected chi connectivity index (χ2v) is 6.01. The molecule has 0 aromatic rings. The number of hydrogen-bond donors (Lipinski definition) is 3. The summed E-state index contributed by atoms with van der Waals surface area (Å²) in [5, 5.41) is 5.48. The molecule has 0 saturated heterocycles. The normalized spacial score (nSPS) is 8.50. The van der Waals surface area contributed by atoms with E-state index in [0.717, 1.165) is 51.6 Å². The van der Waals surface area contributed by atoms with Gasteiger partial charge in [-0.15, -0.1) is 0 Å². The van der Waals surface area contributed by atoms with Crippen LogP contribution in [0.4, 0.5) is 4.79 Å².